The van der Waals surface area contributed by atoms with Crippen LogP contribution in [0.5, 0.6) is 0 Å². The van der Waals surface area contributed by atoms with Crippen LogP contribution in [-0.2, 0) is 33.3 Å². The lowest BCUT2D eigenvalue weighted by molar-refractivity contribution is -0.302. The normalized spacial score (nSPS) is 35.5. The van der Waals surface area contributed by atoms with Gasteiger partial charge < -0.3 is 39.6 Å². The highest BCUT2D eigenvalue weighted by molar-refractivity contribution is 5.93. The molecule has 0 spiro atoms. The second kappa shape index (κ2) is 15.0. The fraction of sp³-hybridized carbons (Fsp3) is 0.714. The van der Waals surface area contributed by atoms with Gasteiger partial charge in [-0.2, -0.15) is 0 Å². The molecule has 4 N–H and O–H groups in total. The largest absolute Gasteiger partial charge is 0.455 e. The summed E-state index contributed by atoms with van der Waals surface area (Å²) in [6.07, 6.45) is -4.53. The molecule has 1 aromatic rings. The molecule has 1 aromatic carbocycles. The molecule has 3 fully saturated rings. The Bertz CT molecular complexity index is 1630. The minimum Gasteiger partial charge on any atom is -0.455 e. The van der Waals surface area contributed by atoms with E-state index in [0.717, 1.165) is 12.8 Å². The van der Waals surface area contributed by atoms with Gasteiger partial charge in [0.1, 0.15) is 23.9 Å². The molecule has 0 radical (unpaired) electrons. The highest BCUT2D eigenvalue weighted by Crippen LogP contribution is 2.66. The maximum absolute atomic E-state index is 14.6. The highest BCUT2D eigenvalue weighted by Gasteiger charge is 2.73. The Morgan fingerprint density at radius 1 is 1.06 bits per heavy atom. The standard InChI is InChI=1S/C42H61NO11/c1-11-12-14-19-29(45)53-33(31(25-17-15-13-16-18-25)43-37(49)54-38(4,5)6)36(48)52-26-21-42(50)24(3)34-40(9)22-51-28(40)20-27(44)41(34,10)35(47)32(46)30(23(26)2)39(42,7)8/h13,15-18,24,26-28,31-34,44,46,50H,11-12,14,19-22H2,1-10H3,(H,43,49)/t24?,26-,27-,28+,31-,32+,33+,34?,40+,41+,42+/m0/s1. The van der Waals surface area contributed by atoms with Crippen LogP contribution < -0.4 is 5.32 Å². The van der Waals surface area contributed by atoms with Crippen LogP contribution in [0.2, 0.25) is 0 Å². The SMILES string of the molecule is CCCCCC(=O)O[C@@H](C(=O)O[C@H]1C[C@@]2(O)C(C)C3[C@]4(C)CO[C@@H]4C[C@H](O)[C@@]3(C)C(=O)[C@H](O)C(=C1C)C2(C)C)[C@@H](NC(=O)OC(C)(C)C)c1ccccc1. The van der Waals surface area contributed by atoms with E-state index in [1.54, 1.807) is 78.8 Å². The van der Waals surface area contributed by atoms with E-state index in [9.17, 15) is 34.5 Å². The van der Waals surface area contributed by atoms with E-state index in [0.29, 0.717) is 24.2 Å². The summed E-state index contributed by atoms with van der Waals surface area (Å²) >= 11 is 0. The van der Waals surface area contributed by atoms with Crippen LogP contribution in [0.3, 0.4) is 0 Å². The maximum atomic E-state index is 14.6. The van der Waals surface area contributed by atoms with Crippen molar-refractivity contribution in [2.75, 3.05) is 6.61 Å². The summed E-state index contributed by atoms with van der Waals surface area (Å²) < 4.78 is 23.6. The van der Waals surface area contributed by atoms with Crippen molar-refractivity contribution in [2.45, 2.75) is 156 Å². The summed E-state index contributed by atoms with van der Waals surface area (Å²) in [4.78, 5) is 55.7. The van der Waals surface area contributed by atoms with Crippen LogP contribution >= 0.6 is 0 Å². The van der Waals surface area contributed by atoms with Crippen LogP contribution in [0, 0.1) is 28.1 Å². The third kappa shape index (κ3) is 7.12. The van der Waals surface area contributed by atoms with Gasteiger partial charge >= 0.3 is 18.0 Å². The van der Waals surface area contributed by atoms with Crippen molar-refractivity contribution in [3.63, 3.8) is 0 Å². The van der Waals surface area contributed by atoms with Crippen molar-refractivity contribution in [3.8, 4) is 0 Å². The van der Waals surface area contributed by atoms with E-state index < -0.39 is 93.6 Å². The predicted molar refractivity (Wildman–Crippen MR) is 199 cm³/mol. The van der Waals surface area contributed by atoms with Crippen molar-refractivity contribution in [2.24, 2.45) is 28.1 Å². The van der Waals surface area contributed by atoms with Crippen LogP contribution in [0.4, 0.5) is 4.79 Å². The Balaban J connectivity index is 1.58. The summed E-state index contributed by atoms with van der Waals surface area (Å²) in [6.45, 7) is 18.2. The Kier molecular flexibility index (Phi) is 11.6. The first kappa shape index (κ1) is 41.8. The van der Waals surface area contributed by atoms with Gasteiger partial charge in [-0.15, -0.1) is 0 Å². The molecule has 12 nitrogen and oxygen atoms in total. The molecular formula is C42H61NO11. The quantitative estimate of drug-likeness (QED) is 0.103. The van der Waals surface area contributed by atoms with Gasteiger partial charge in [0.05, 0.1) is 29.8 Å². The summed E-state index contributed by atoms with van der Waals surface area (Å²) in [5, 5.41) is 39.4. The number of Topliss-reactive ketones (excluding diaryl/α,β-unsaturated/α-hetero) is 1. The number of esters is 2. The highest BCUT2D eigenvalue weighted by atomic mass is 16.6. The molecule has 54 heavy (non-hydrogen) atoms. The van der Waals surface area contributed by atoms with Crippen LogP contribution in [-0.4, -0.2) is 87.5 Å². The monoisotopic (exact) mass is 755 g/mol. The number of nitrogens with one attached hydrogen (secondary N) is 1. The van der Waals surface area contributed by atoms with E-state index in [1.807, 2.05) is 20.8 Å². The van der Waals surface area contributed by atoms with E-state index in [2.05, 4.69) is 5.32 Å². The van der Waals surface area contributed by atoms with Gasteiger partial charge in [0.15, 0.2) is 5.78 Å². The third-order valence-corrected chi connectivity index (χ3v) is 13.2. The second-order valence-corrected chi connectivity index (χ2v) is 18.1. The van der Waals surface area contributed by atoms with Gasteiger partial charge in [-0.1, -0.05) is 77.8 Å². The number of rotatable bonds is 10. The number of benzene rings is 1. The van der Waals surface area contributed by atoms with Crippen molar-refractivity contribution in [1.29, 1.82) is 0 Å². The number of hydrogen-bond acceptors (Lipinski definition) is 11. The van der Waals surface area contributed by atoms with Gasteiger partial charge in [-0.05, 0) is 69.6 Å². The molecule has 5 rings (SSSR count). The molecular weight excluding hydrogens is 694 g/mol. The summed E-state index contributed by atoms with van der Waals surface area (Å²) in [6, 6.07) is 7.35. The van der Waals surface area contributed by atoms with Crippen molar-refractivity contribution < 1.29 is 53.4 Å². The zero-order valence-electron chi connectivity index (χ0n) is 33.6. The van der Waals surface area contributed by atoms with Crippen LogP contribution in [0.15, 0.2) is 41.5 Å². The Morgan fingerprint density at radius 3 is 2.28 bits per heavy atom. The molecule has 2 saturated carbocycles. The fourth-order valence-corrected chi connectivity index (χ4v) is 10.2. The topological polar surface area (TPSA) is 178 Å². The van der Waals surface area contributed by atoms with Gasteiger partial charge in [0.2, 0.25) is 6.10 Å². The maximum Gasteiger partial charge on any atom is 0.408 e. The Hall–Kier alpha value is -3.32. The smallest absolute Gasteiger partial charge is 0.408 e. The lowest BCUT2D eigenvalue weighted by Crippen LogP contribution is -2.75. The zero-order valence-corrected chi connectivity index (χ0v) is 33.6. The Labute approximate surface area is 319 Å². The molecule has 1 saturated heterocycles. The fourth-order valence-electron chi connectivity index (χ4n) is 10.2. The second-order valence-electron chi connectivity index (χ2n) is 18.1. The number of aliphatic hydroxyl groups excluding tert-OH is 2. The summed E-state index contributed by atoms with van der Waals surface area (Å²) in [7, 11) is 0. The van der Waals surface area contributed by atoms with Crippen LogP contribution in [0.25, 0.3) is 0 Å². The predicted octanol–water partition coefficient (Wildman–Crippen LogP) is 5.51. The minimum atomic E-state index is -1.72. The number of aliphatic hydroxyl groups is 3. The molecule has 2 unspecified atom stereocenters. The lowest BCUT2D eigenvalue weighted by atomic mass is 9.40. The molecule has 1 aliphatic heterocycles. The summed E-state index contributed by atoms with van der Waals surface area (Å²) in [5.41, 5.74) is -4.66. The Morgan fingerprint density at radius 2 is 1.70 bits per heavy atom. The molecule has 3 aliphatic carbocycles. The van der Waals surface area contributed by atoms with Crippen molar-refractivity contribution in [3.05, 3.63) is 47.0 Å². The number of carbonyl (C=O) groups excluding carboxylic acids is 4. The average molecular weight is 756 g/mol. The first-order valence-corrected chi connectivity index (χ1v) is 19.4. The molecule has 2 bridgehead atoms. The number of alkyl carbamates (subject to hydrolysis) is 1. The van der Waals surface area contributed by atoms with Gasteiger partial charge in [0.25, 0.3) is 0 Å². The van der Waals surface area contributed by atoms with Crippen LogP contribution in [0.1, 0.15) is 119 Å². The average Bonchev–Trinajstić information content (AvgIpc) is 3.08. The van der Waals surface area contributed by atoms with Gasteiger partial charge in [0, 0.05) is 30.1 Å². The van der Waals surface area contributed by atoms with Crippen molar-refractivity contribution in [1.82, 2.24) is 5.32 Å². The molecule has 1 heterocycles. The molecule has 11 atom stereocenters. The van der Waals surface area contributed by atoms with Gasteiger partial charge in [-0.25, -0.2) is 9.59 Å². The van der Waals surface area contributed by atoms with E-state index >= 15 is 0 Å². The van der Waals surface area contributed by atoms with E-state index in [-0.39, 0.29) is 30.9 Å². The first-order valence-electron chi connectivity index (χ1n) is 19.4. The summed E-state index contributed by atoms with van der Waals surface area (Å²) in [5.74, 6) is -3.46. The molecule has 12 heteroatoms. The number of ether oxygens (including phenoxy) is 4. The number of amides is 1. The van der Waals surface area contributed by atoms with Gasteiger partial charge in [-0.3, -0.25) is 9.59 Å². The third-order valence-electron chi connectivity index (χ3n) is 13.2. The number of unbranched alkanes of at least 4 members (excludes halogenated alkanes) is 2. The zero-order chi connectivity index (χ0) is 40.2. The van der Waals surface area contributed by atoms with E-state index in [4.69, 9.17) is 18.9 Å². The number of hydrogen-bond donors (Lipinski definition) is 4. The molecule has 4 aliphatic rings. The lowest BCUT2D eigenvalue weighted by Gasteiger charge is -2.68. The number of carbonyl (C=O) groups is 4. The number of fused-ring (bicyclic) bond motifs is 5. The minimum absolute atomic E-state index is 0.0350. The molecule has 0 aromatic heterocycles. The first-order chi connectivity index (χ1) is 25.0. The molecule has 1 amide bonds. The molecule has 300 valence electrons. The number of ketones is 1. The van der Waals surface area contributed by atoms with E-state index in [1.165, 1.54) is 0 Å². The van der Waals surface area contributed by atoms with Crippen molar-refractivity contribution >= 4 is 23.8 Å².